The lowest BCUT2D eigenvalue weighted by Gasteiger charge is -2.23. The SMILES string of the molecule is O=C(CNC1CCCNC1)c1ccco1. The number of piperidine rings is 1. The van der Waals surface area contributed by atoms with E-state index < -0.39 is 0 Å². The van der Waals surface area contributed by atoms with Crippen LogP contribution in [-0.2, 0) is 0 Å². The third kappa shape index (κ3) is 2.91. The Morgan fingerprint density at radius 2 is 2.60 bits per heavy atom. The molecule has 15 heavy (non-hydrogen) atoms. The van der Waals surface area contributed by atoms with Crippen molar-refractivity contribution in [3.8, 4) is 0 Å². The standard InChI is InChI=1S/C11H16N2O2/c14-10(11-4-2-6-15-11)8-13-9-3-1-5-12-7-9/h2,4,6,9,12-13H,1,3,5,7-8H2. The Bertz CT molecular complexity index is 302. The van der Waals surface area contributed by atoms with Crippen molar-refractivity contribution in [1.82, 2.24) is 10.6 Å². The van der Waals surface area contributed by atoms with Gasteiger partial charge in [0.15, 0.2) is 5.76 Å². The molecule has 1 fully saturated rings. The second-order valence-electron chi connectivity index (χ2n) is 3.82. The lowest BCUT2D eigenvalue weighted by atomic mass is 10.1. The average Bonchev–Trinajstić information content (AvgIpc) is 2.81. The highest BCUT2D eigenvalue weighted by molar-refractivity contribution is 5.94. The van der Waals surface area contributed by atoms with Gasteiger partial charge in [0, 0.05) is 12.6 Å². The van der Waals surface area contributed by atoms with Gasteiger partial charge in [-0.05, 0) is 31.5 Å². The van der Waals surface area contributed by atoms with E-state index in [2.05, 4.69) is 10.6 Å². The third-order valence-corrected chi connectivity index (χ3v) is 2.64. The van der Waals surface area contributed by atoms with E-state index in [-0.39, 0.29) is 5.78 Å². The van der Waals surface area contributed by atoms with Gasteiger partial charge in [0.05, 0.1) is 12.8 Å². The molecule has 4 heteroatoms. The van der Waals surface area contributed by atoms with Crippen molar-refractivity contribution in [2.45, 2.75) is 18.9 Å². The zero-order valence-corrected chi connectivity index (χ0v) is 8.66. The molecule has 0 aromatic carbocycles. The fourth-order valence-corrected chi connectivity index (χ4v) is 1.79. The van der Waals surface area contributed by atoms with Crippen molar-refractivity contribution in [2.75, 3.05) is 19.6 Å². The number of carbonyl (C=O) groups excluding carboxylic acids is 1. The predicted molar refractivity (Wildman–Crippen MR) is 56.9 cm³/mol. The Labute approximate surface area is 89.0 Å². The largest absolute Gasteiger partial charge is 0.461 e. The summed E-state index contributed by atoms with van der Waals surface area (Å²) in [7, 11) is 0. The Balaban J connectivity index is 1.75. The smallest absolute Gasteiger partial charge is 0.211 e. The number of hydrogen-bond acceptors (Lipinski definition) is 4. The highest BCUT2D eigenvalue weighted by Gasteiger charge is 2.15. The first-order valence-corrected chi connectivity index (χ1v) is 5.37. The zero-order valence-electron chi connectivity index (χ0n) is 8.66. The predicted octanol–water partition coefficient (Wildman–Crippen LogP) is 0.804. The van der Waals surface area contributed by atoms with E-state index in [4.69, 9.17) is 4.42 Å². The molecule has 0 saturated carbocycles. The summed E-state index contributed by atoms with van der Waals surface area (Å²) in [5.41, 5.74) is 0. The molecule has 0 aliphatic carbocycles. The molecule has 0 bridgehead atoms. The van der Waals surface area contributed by atoms with Crippen molar-refractivity contribution < 1.29 is 9.21 Å². The van der Waals surface area contributed by atoms with Gasteiger partial charge in [-0.1, -0.05) is 0 Å². The van der Waals surface area contributed by atoms with E-state index in [0.29, 0.717) is 18.3 Å². The maximum absolute atomic E-state index is 11.6. The van der Waals surface area contributed by atoms with Gasteiger partial charge in [-0.2, -0.15) is 0 Å². The molecule has 1 aliphatic rings. The molecule has 1 atom stereocenters. The highest BCUT2D eigenvalue weighted by atomic mass is 16.3. The summed E-state index contributed by atoms with van der Waals surface area (Å²) in [6.07, 6.45) is 3.83. The average molecular weight is 208 g/mol. The Morgan fingerprint density at radius 3 is 3.27 bits per heavy atom. The Kier molecular flexibility index (Phi) is 3.53. The molecule has 1 unspecified atom stereocenters. The molecular weight excluding hydrogens is 192 g/mol. The quantitative estimate of drug-likeness (QED) is 0.719. The zero-order chi connectivity index (χ0) is 10.5. The summed E-state index contributed by atoms with van der Waals surface area (Å²) in [6.45, 7) is 2.40. The van der Waals surface area contributed by atoms with Crippen LogP contribution in [0.5, 0.6) is 0 Å². The number of hydrogen-bond donors (Lipinski definition) is 2. The summed E-state index contributed by atoms with van der Waals surface area (Å²) in [5.74, 6) is 0.455. The van der Waals surface area contributed by atoms with Crippen LogP contribution in [0.15, 0.2) is 22.8 Å². The molecule has 4 nitrogen and oxygen atoms in total. The summed E-state index contributed by atoms with van der Waals surface area (Å²) in [4.78, 5) is 11.6. The lowest BCUT2D eigenvalue weighted by molar-refractivity contribution is 0.0959. The van der Waals surface area contributed by atoms with Crippen LogP contribution < -0.4 is 10.6 Å². The van der Waals surface area contributed by atoms with Gasteiger partial charge in [-0.25, -0.2) is 0 Å². The fourth-order valence-electron chi connectivity index (χ4n) is 1.79. The second kappa shape index (κ2) is 5.09. The van der Waals surface area contributed by atoms with Gasteiger partial charge in [-0.3, -0.25) is 4.79 Å². The number of Topliss-reactive ketones (excluding diaryl/α,β-unsaturated/α-hetero) is 1. The first-order chi connectivity index (χ1) is 7.36. The van der Waals surface area contributed by atoms with Crippen LogP contribution in [0.3, 0.4) is 0 Å². The van der Waals surface area contributed by atoms with E-state index in [0.717, 1.165) is 19.5 Å². The summed E-state index contributed by atoms with van der Waals surface area (Å²) in [6, 6.07) is 3.84. The van der Waals surface area contributed by atoms with Gasteiger partial charge in [0.2, 0.25) is 5.78 Å². The van der Waals surface area contributed by atoms with Gasteiger partial charge >= 0.3 is 0 Å². The van der Waals surface area contributed by atoms with Crippen molar-refractivity contribution in [1.29, 1.82) is 0 Å². The van der Waals surface area contributed by atoms with E-state index >= 15 is 0 Å². The maximum atomic E-state index is 11.6. The van der Waals surface area contributed by atoms with Gasteiger partial charge in [-0.15, -0.1) is 0 Å². The number of rotatable bonds is 4. The van der Waals surface area contributed by atoms with Crippen LogP contribution >= 0.6 is 0 Å². The minimum absolute atomic E-state index is 0.0190. The van der Waals surface area contributed by atoms with Crippen molar-refractivity contribution in [3.63, 3.8) is 0 Å². The van der Waals surface area contributed by atoms with Crippen LogP contribution in [0.25, 0.3) is 0 Å². The molecule has 1 aromatic rings. The number of furan rings is 1. The molecule has 1 aromatic heterocycles. The topological polar surface area (TPSA) is 54.3 Å². The molecule has 2 N–H and O–H groups in total. The maximum Gasteiger partial charge on any atom is 0.211 e. The third-order valence-electron chi connectivity index (χ3n) is 2.64. The molecule has 1 aliphatic heterocycles. The number of ketones is 1. The summed E-state index contributed by atoms with van der Waals surface area (Å²) < 4.78 is 5.03. The van der Waals surface area contributed by atoms with Crippen molar-refractivity contribution in [3.05, 3.63) is 24.2 Å². The van der Waals surface area contributed by atoms with Gasteiger partial charge < -0.3 is 15.1 Å². The first-order valence-electron chi connectivity index (χ1n) is 5.37. The van der Waals surface area contributed by atoms with Gasteiger partial charge in [0.1, 0.15) is 0 Å². The monoisotopic (exact) mass is 208 g/mol. The minimum atomic E-state index is 0.0190. The Hall–Kier alpha value is -1.13. The van der Waals surface area contributed by atoms with Crippen LogP contribution in [0, 0.1) is 0 Å². The normalized spacial score (nSPS) is 21.5. The number of carbonyl (C=O) groups is 1. The van der Waals surface area contributed by atoms with Crippen LogP contribution in [0.4, 0.5) is 0 Å². The molecule has 82 valence electrons. The minimum Gasteiger partial charge on any atom is -0.461 e. The Morgan fingerprint density at radius 1 is 1.67 bits per heavy atom. The molecule has 2 heterocycles. The van der Waals surface area contributed by atoms with E-state index in [9.17, 15) is 4.79 Å². The van der Waals surface area contributed by atoms with Crippen LogP contribution in [-0.4, -0.2) is 31.5 Å². The van der Waals surface area contributed by atoms with E-state index in [1.54, 1.807) is 12.1 Å². The fraction of sp³-hybridized carbons (Fsp3) is 0.545. The molecular formula is C11H16N2O2. The second-order valence-corrected chi connectivity index (χ2v) is 3.82. The first kappa shape index (κ1) is 10.4. The van der Waals surface area contributed by atoms with E-state index in [1.165, 1.54) is 12.7 Å². The highest BCUT2D eigenvalue weighted by Crippen LogP contribution is 2.03. The summed E-state index contributed by atoms with van der Waals surface area (Å²) in [5, 5.41) is 6.53. The van der Waals surface area contributed by atoms with Crippen molar-refractivity contribution in [2.24, 2.45) is 0 Å². The van der Waals surface area contributed by atoms with Crippen LogP contribution in [0.1, 0.15) is 23.4 Å². The van der Waals surface area contributed by atoms with E-state index in [1.807, 2.05) is 0 Å². The van der Waals surface area contributed by atoms with Gasteiger partial charge in [0.25, 0.3) is 0 Å². The molecule has 2 rings (SSSR count). The summed E-state index contributed by atoms with van der Waals surface area (Å²) >= 11 is 0. The molecule has 0 radical (unpaired) electrons. The lowest BCUT2D eigenvalue weighted by Crippen LogP contribution is -2.44. The molecule has 1 saturated heterocycles. The van der Waals surface area contributed by atoms with Crippen LogP contribution in [0.2, 0.25) is 0 Å². The van der Waals surface area contributed by atoms with Crippen molar-refractivity contribution >= 4 is 5.78 Å². The molecule has 0 amide bonds. The number of nitrogens with one attached hydrogen (secondary N) is 2. The molecule has 0 spiro atoms.